The highest BCUT2D eigenvalue weighted by molar-refractivity contribution is 5.49. The molecule has 0 heterocycles. The van der Waals surface area contributed by atoms with Crippen LogP contribution in [0.1, 0.15) is 0 Å². The fourth-order valence-electron chi connectivity index (χ4n) is 1.62. The Bertz CT molecular complexity index is 656. The Hall–Kier alpha value is -2.96. The third-order valence-electron chi connectivity index (χ3n) is 2.78. The lowest BCUT2D eigenvalue weighted by Crippen LogP contribution is -2.06. The molecular formula is C14H14N4O3. The summed E-state index contributed by atoms with van der Waals surface area (Å²) in [5.74, 6) is 0.727. The van der Waals surface area contributed by atoms with E-state index in [4.69, 9.17) is 4.74 Å². The Morgan fingerprint density at radius 1 is 1.19 bits per heavy atom. The van der Waals surface area contributed by atoms with E-state index in [-0.39, 0.29) is 5.69 Å². The van der Waals surface area contributed by atoms with Gasteiger partial charge in [0.25, 0.3) is 5.69 Å². The normalized spacial score (nSPS) is 10.6. The highest BCUT2D eigenvalue weighted by Crippen LogP contribution is 2.22. The molecule has 0 unspecified atom stereocenters. The van der Waals surface area contributed by atoms with E-state index in [0.717, 1.165) is 11.4 Å². The molecule has 0 saturated heterocycles. The van der Waals surface area contributed by atoms with Crippen LogP contribution >= 0.6 is 0 Å². The molecule has 0 N–H and O–H groups in total. The topological polar surface area (TPSA) is 80.3 Å². The first-order valence-electron chi connectivity index (χ1n) is 6.14. The van der Waals surface area contributed by atoms with Gasteiger partial charge < -0.3 is 4.74 Å². The second kappa shape index (κ2) is 6.47. The number of nitro benzene ring substituents is 1. The van der Waals surface area contributed by atoms with Crippen LogP contribution in [0.25, 0.3) is 0 Å². The molecule has 7 heteroatoms. The standard InChI is InChI=1S/C14H14N4O3/c1-17(13-4-3-5-14(10-13)21-2)16-15-11-6-8-12(9-7-11)18(19)20/h3-10H,1-2H3. The largest absolute Gasteiger partial charge is 0.497 e. The monoisotopic (exact) mass is 286 g/mol. The lowest BCUT2D eigenvalue weighted by molar-refractivity contribution is -0.384. The molecule has 108 valence electrons. The van der Waals surface area contributed by atoms with E-state index in [2.05, 4.69) is 10.3 Å². The van der Waals surface area contributed by atoms with Crippen molar-refractivity contribution in [2.75, 3.05) is 19.2 Å². The van der Waals surface area contributed by atoms with Crippen LogP contribution in [0, 0.1) is 10.1 Å². The van der Waals surface area contributed by atoms with Crippen LogP contribution in [0.4, 0.5) is 17.1 Å². The van der Waals surface area contributed by atoms with Gasteiger partial charge in [-0.2, -0.15) is 0 Å². The second-order valence-corrected chi connectivity index (χ2v) is 4.19. The summed E-state index contributed by atoms with van der Waals surface area (Å²) in [4.78, 5) is 10.1. The number of anilines is 1. The second-order valence-electron chi connectivity index (χ2n) is 4.19. The van der Waals surface area contributed by atoms with Crippen molar-refractivity contribution >= 4 is 17.1 Å². The number of benzene rings is 2. The van der Waals surface area contributed by atoms with Gasteiger partial charge in [-0.3, -0.25) is 10.1 Å². The first-order valence-corrected chi connectivity index (χ1v) is 6.14. The Labute approximate surface area is 121 Å². The van der Waals surface area contributed by atoms with E-state index in [9.17, 15) is 10.1 Å². The summed E-state index contributed by atoms with van der Waals surface area (Å²) >= 11 is 0. The Kier molecular flexibility index (Phi) is 4.45. The summed E-state index contributed by atoms with van der Waals surface area (Å²) < 4.78 is 5.14. The van der Waals surface area contributed by atoms with Gasteiger partial charge in [-0.05, 0) is 24.3 Å². The molecule has 0 saturated carbocycles. The number of hydrogen-bond acceptors (Lipinski definition) is 5. The molecule has 2 aromatic rings. The van der Waals surface area contributed by atoms with E-state index in [0.29, 0.717) is 5.69 Å². The lowest BCUT2D eigenvalue weighted by atomic mass is 10.3. The Morgan fingerprint density at radius 3 is 2.52 bits per heavy atom. The van der Waals surface area contributed by atoms with Crippen molar-refractivity contribution < 1.29 is 9.66 Å². The summed E-state index contributed by atoms with van der Waals surface area (Å²) in [6, 6.07) is 13.3. The van der Waals surface area contributed by atoms with Crippen molar-refractivity contribution in [2.45, 2.75) is 0 Å². The van der Waals surface area contributed by atoms with Crippen molar-refractivity contribution in [3.05, 3.63) is 58.6 Å². The van der Waals surface area contributed by atoms with E-state index in [1.165, 1.54) is 12.1 Å². The maximum absolute atomic E-state index is 10.6. The minimum atomic E-state index is -0.455. The molecule has 0 fully saturated rings. The van der Waals surface area contributed by atoms with Crippen LogP contribution in [0.3, 0.4) is 0 Å². The van der Waals surface area contributed by atoms with Gasteiger partial charge in [-0.25, -0.2) is 5.01 Å². The Morgan fingerprint density at radius 2 is 1.90 bits per heavy atom. The van der Waals surface area contributed by atoms with E-state index in [1.807, 2.05) is 24.3 Å². The number of ether oxygens (including phenoxy) is 1. The molecule has 2 aromatic carbocycles. The lowest BCUT2D eigenvalue weighted by Gasteiger charge is -2.12. The van der Waals surface area contributed by atoms with Gasteiger partial charge in [-0.1, -0.05) is 11.3 Å². The van der Waals surface area contributed by atoms with Crippen LogP contribution in [0.15, 0.2) is 58.9 Å². The van der Waals surface area contributed by atoms with Crippen molar-refractivity contribution in [1.29, 1.82) is 0 Å². The first kappa shape index (κ1) is 14.4. The maximum atomic E-state index is 10.6. The smallest absolute Gasteiger partial charge is 0.269 e. The fraction of sp³-hybridized carbons (Fsp3) is 0.143. The van der Waals surface area contributed by atoms with Crippen molar-refractivity contribution in [3.8, 4) is 5.75 Å². The minimum absolute atomic E-state index is 0.0232. The predicted octanol–water partition coefficient (Wildman–Crippen LogP) is 3.74. The highest BCUT2D eigenvalue weighted by Gasteiger charge is 2.04. The average Bonchev–Trinajstić information content (AvgIpc) is 2.53. The van der Waals surface area contributed by atoms with Crippen molar-refractivity contribution in [1.82, 2.24) is 0 Å². The molecule has 0 bridgehead atoms. The number of nitrogens with zero attached hydrogens (tertiary/aromatic N) is 4. The van der Waals surface area contributed by atoms with Crippen LogP contribution in [0.5, 0.6) is 5.75 Å². The average molecular weight is 286 g/mol. The van der Waals surface area contributed by atoms with Gasteiger partial charge in [0.05, 0.1) is 23.4 Å². The molecule has 0 aromatic heterocycles. The quantitative estimate of drug-likeness (QED) is 0.476. The first-order chi connectivity index (χ1) is 10.1. The molecule has 0 spiro atoms. The van der Waals surface area contributed by atoms with Gasteiger partial charge in [0, 0.05) is 25.2 Å². The van der Waals surface area contributed by atoms with Gasteiger partial charge in [-0.15, -0.1) is 5.11 Å². The van der Waals surface area contributed by atoms with Crippen molar-refractivity contribution in [2.24, 2.45) is 10.3 Å². The van der Waals surface area contributed by atoms with Gasteiger partial charge in [0.2, 0.25) is 0 Å². The van der Waals surface area contributed by atoms with Gasteiger partial charge in [0.1, 0.15) is 5.75 Å². The molecule has 0 aliphatic rings. The van der Waals surface area contributed by atoms with E-state index < -0.39 is 4.92 Å². The minimum Gasteiger partial charge on any atom is -0.497 e. The van der Waals surface area contributed by atoms with Gasteiger partial charge >= 0.3 is 0 Å². The fourth-order valence-corrected chi connectivity index (χ4v) is 1.62. The van der Waals surface area contributed by atoms with E-state index in [1.54, 1.807) is 31.3 Å². The van der Waals surface area contributed by atoms with Crippen LogP contribution in [-0.2, 0) is 0 Å². The van der Waals surface area contributed by atoms with Crippen LogP contribution in [-0.4, -0.2) is 19.1 Å². The van der Waals surface area contributed by atoms with Crippen LogP contribution < -0.4 is 9.75 Å². The predicted molar refractivity (Wildman–Crippen MR) is 79.0 cm³/mol. The number of non-ortho nitro benzene ring substituents is 1. The third-order valence-corrected chi connectivity index (χ3v) is 2.78. The number of methoxy groups -OCH3 is 1. The van der Waals surface area contributed by atoms with E-state index >= 15 is 0 Å². The molecule has 21 heavy (non-hydrogen) atoms. The number of nitro groups is 1. The SMILES string of the molecule is COc1cccc(N(C)N=Nc2ccc([N+](=O)[O-])cc2)c1. The summed E-state index contributed by atoms with van der Waals surface area (Å²) in [7, 11) is 3.35. The third kappa shape index (κ3) is 3.75. The summed E-state index contributed by atoms with van der Waals surface area (Å²) in [5, 5.41) is 20.2. The molecule has 0 amide bonds. The Balaban J connectivity index is 2.10. The summed E-state index contributed by atoms with van der Waals surface area (Å²) in [6.45, 7) is 0. The molecule has 7 nitrogen and oxygen atoms in total. The maximum Gasteiger partial charge on any atom is 0.269 e. The summed E-state index contributed by atoms with van der Waals surface area (Å²) in [6.07, 6.45) is 0. The molecule has 0 aliphatic carbocycles. The number of hydrogen-bond donors (Lipinski definition) is 0. The zero-order valence-electron chi connectivity index (χ0n) is 11.6. The highest BCUT2D eigenvalue weighted by atomic mass is 16.6. The van der Waals surface area contributed by atoms with Gasteiger partial charge in [0.15, 0.2) is 0 Å². The molecule has 0 aliphatic heterocycles. The number of rotatable bonds is 5. The molecule has 2 rings (SSSR count). The summed E-state index contributed by atoms with van der Waals surface area (Å²) in [5.41, 5.74) is 1.38. The molecular weight excluding hydrogens is 272 g/mol. The molecule has 0 atom stereocenters. The molecule has 0 radical (unpaired) electrons. The zero-order chi connectivity index (χ0) is 15.2. The van der Waals surface area contributed by atoms with Crippen LogP contribution in [0.2, 0.25) is 0 Å². The zero-order valence-corrected chi connectivity index (χ0v) is 11.6. The van der Waals surface area contributed by atoms with Crippen molar-refractivity contribution in [3.63, 3.8) is 0 Å².